The van der Waals surface area contributed by atoms with Crippen molar-refractivity contribution in [2.75, 3.05) is 11.5 Å². The van der Waals surface area contributed by atoms with Crippen LogP contribution in [-0.4, -0.2) is 22.8 Å². The van der Waals surface area contributed by atoms with Gasteiger partial charge in [-0.1, -0.05) is 23.4 Å². The number of hydrogen-bond donors (Lipinski definition) is 1. The smallest absolute Gasteiger partial charge is 0.327 e. The summed E-state index contributed by atoms with van der Waals surface area (Å²) in [5, 5.41) is 8.91. The molecule has 0 radical (unpaired) electrons. The molecule has 0 bridgehead atoms. The van der Waals surface area contributed by atoms with Crippen molar-refractivity contribution in [1.82, 2.24) is 15.5 Å². The van der Waals surface area contributed by atoms with Gasteiger partial charge < -0.3 is 14.6 Å². The molecule has 0 fully saturated rings. The van der Waals surface area contributed by atoms with Crippen molar-refractivity contribution >= 4 is 28.6 Å². The number of rotatable bonds is 6. The summed E-state index contributed by atoms with van der Waals surface area (Å²) in [5.74, 6) is -0.315. The topological polar surface area (TPSA) is 80.5 Å². The van der Waals surface area contributed by atoms with E-state index in [9.17, 15) is 13.6 Å². The number of urea groups is 1. The molecule has 35 heavy (non-hydrogen) atoms. The molecule has 0 spiro atoms. The number of nitrogens with one attached hydrogen (secondary N) is 1. The van der Waals surface area contributed by atoms with E-state index in [2.05, 4.69) is 15.5 Å². The Morgan fingerprint density at radius 2 is 1.89 bits per heavy atom. The van der Waals surface area contributed by atoms with Gasteiger partial charge in [-0.25, -0.2) is 13.6 Å². The average molecular weight is 495 g/mol. The highest BCUT2D eigenvalue weighted by molar-refractivity contribution is 7.13. The number of benzene rings is 2. The van der Waals surface area contributed by atoms with Crippen molar-refractivity contribution in [2.45, 2.75) is 19.9 Å². The minimum atomic E-state index is -0.798. The minimum absolute atomic E-state index is 0.0399. The second-order valence-corrected chi connectivity index (χ2v) is 8.69. The predicted octanol–water partition coefficient (Wildman–Crippen LogP) is 6.18. The lowest BCUT2D eigenvalue weighted by Crippen LogP contribution is -2.46. The van der Waals surface area contributed by atoms with Crippen LogP contribution in [0.15, 0.2) is 70.2 Å². The molecule has 3 heterocycles. The number of anilines is 1. The maximum absolute atomic E-state index is 14.0. The third-order valence-corrected chi connectivity index (χ3v) is 6.38. The van der Waals surface area contributed by atoms with E-state index in [1.165, 1.54) is 16.2 Å². The zero-order valence-corrected chi connectivity index (χ0v) is 19.6. The Hall–Kier alpha value is -4.05. The van der Waals surface area contributed by atoms with Crippen LogP contribution in [0.5, 0.6) is 5.75 Å². The monoisotopic (exact) mass is 494 g/mol. The highest BCUT2D eigenvalue weighted by Crippen LogP contribution is 2.40. The molecule has 4 aromatic rings. The molecule has 2 aromatic carbocycles. The van der Waals surface area contributed by atoms with Crippen molar-refractivity contribution in [3.63, 3.8) is 0 Å². The highest BCUT2D eigenvalue weighted by atomic mass is 32.1. The number of halogens is 2. The van der Waals surface area contributed by atoms with E-state index in [4.69, 9.17) is 9.26 Å². The predicted molar refractivity (Wildman–Crippen MR) is 128 cm³/mol. The van der Waals surface area contributed by atoms with E-state index in [0.717, 1.165) is 28.6 Å². The maximum Gasteiger partial charge on any atom is 0.327 e. The molecule has 1 aliphatic rings. The largest absolute Gasteiger partial charge is 0.494 e. The third kappa shape index (κ3) is 4.40. The Morgan fingerprint density at radius 3 is 2.54 bits per heavy atom. The van der Waals surface area contributed by atoms with Gasteiger partial charge in [-0.15, -0.1) is 11.3 Å². The van der Waals surface area contributed by atoms with Crippen molar-refractivity contribution < 1.29 is 22.8 Å². The SMILES string of the molecule is CCOc1ccc(C2NC(=O)N(c3cc(F)cc(F)c3)C(C)=C2c2nc(-c3cccs3)no2)cc1. The first kappa shape index (κ1) is 22.7. The van der Waals surface area contributed by atoms with Gasteiger partial charge in [0.1, 0.15) is 17.4 Å². The lowest BCUT2D eigenvalue weighted by molar-refractivity contribution is 0.244. The highest BCUT2D eigenvalue weighted by Gasteiger charge is 2.37. The van der Waals surface area contributed by atoms with Gasteiger partial charge in [-0.05, 0) is 55.1 Å². The molecular weight excluding hydrogens is 474 g/mol. The third-order valence-electron chi connectivity index (χ3n) is 5.51. The van der Waals surface area contributed by atoms with Crippen LogP contribution >= 0.6 is 11.3 Å². The van der Waals surface area contributed by atoms with E-state index in [1.807, 2.05) is 36.6 Å². The van der Waals surface area contributed by atoms with Crippen LogP contribution in [0.25, 0.3) is 16.3 Å². The molecule has 1 unspecified atom stereocenters. The fraction of sp³-hybridized carbons (Fsp3) is 0.160. The van der Waals surface area contributed by atoms with Gasteiger partial charge in [0.15, 0.2) is 0 Å². The number of thiophene rings is 1. The summed E-state index contributed by atoms with van der Waals surface area (Å²) in [6, 6.07) is 12.7. The van der Waals surface area contributed by atoms with Gasteiger partial charge in [0.05, 0.1) is 28.8 Å². The summed E-state index contributed by atoms with van der Waals surface area (Å²) in [6.45, 7) is 4.09. The van der Waals surface area contributed by atoms with Crippen LogP contribution in [0.2, 0.25) is 0 Å². The lowest BCUT2D eigenvalue weighted by atomic mass is 9.94. The molecule has 1 aliphatic heterocycles. The van der Waals surface area contributed by atoms with Crippen LogP contribution in [0.1, 0.15) is 31.3 Å². The molecule has 0 saturated carbocycles. The maximum atomic E-state index is 14.0. The second kappa shape index (κ2) is 9.30. The van der Waals surface area contributed by atoms with Crippen molar-refractivity contribution in [3.05, 3.63) is 88.8 Å². The van der Waals surface area contributed by atoms with Crippen LogP contribution in [0.3, 0.4) is 0 Å². The van der Waals surface area contributed by atoms with Gasteiger partial charge in [-0.3, -0.25) is 4.90 Å². The molecule has 1 atom stereocenters. The number of aromatic nitrogens is 2. The second-order valence-electron chi connectivity index (χ2n) is 7.75. The Balaban J connectivity index is 1.64. The molecule has 0 aliphatic carbocycles. The van der Waals surface area contributed by atoms with E-state index in [0.29, 0.717) is 29.5 Å². The number of ether oxygens (including phenoxy) is 1. The van der Waals surface area contributed by atoms with E-state index in [-0.39, 0.29) is 11.6 Å². The van der Waals surface area contributed by atoms with Crippen molar-refractivity contribution in [1.29, 1.82) is 0 Å². The van der Waals surface area contributed by atoms with Crippen molar-refractivity contribution in [2.24, 2.45) is 0 Å². The quantitative estimate of drug-likeness (QED) is 0.346. The fourth-order valence-electron chi connectivity index (χ4n) is 4.01. The molecule has 7 nitrogen and oxygen atoms in total. The molecule has 5 rings (SSSR count). The van der Waals surface area contributed by atoms with Gasteiger partial charge in [-0.2, -0.15) is 4.98 Å². The Labute approximate surface area is 203 Å². The van der Waals surface area contributed by atoms with Crippen LogP contribution in [0, 0.1) is 11.6 Å². The molecule has 10 heteroatoms. The van der Waals surface area contributed by atoms with E-state index in [1.54, 1.807) is 19.1 Å². The van der Waals surface area contributed by atoms with Crippen LogP contribution in [-0.2, 0) is 0 Å². The fourth-order valence-corrected chi connectivity index (χ4v) is 4.66. The van der Waals surface area contributed by atoms with Crippen molar-refractivity contribution in [3.8, 4) is 16.5 Å². The molecule has 178 valence electrons. The number of hydrogen-bond acceptors (Lipinski definition) is 6. The van der Waals surface area contributed by atoms with E-state index >= 15 is 0 Å². The van der Waals surface area contributed by atoms with Crippen LogP contribution < -0.4 is 15.0 Å². The number of nitrogens with zero attached hydrogens (tertiary/aromatic N) is 3. The molecule has 1 N–H and O–H groups in total. The minimum Gasteiger partial charge on any atom is -0.494 e. The normalized spacial score (nSPS) is 15.9. The summed E-state index contributed by atoms with van der Waals surface area (Å²) in [7, 11) is 0. The molecule has 2 aromatic heterocycles. The number of amides is 2. The first-order valence-electron chi connectivity index (χ1n) is 10.8. The van der Waals surface area contributed by atoms with E-state index < -0.39 is 23.7 Å². The Bertz CT molecular complexity index is 1380. The zero-order chi connectivity index (χ0) is 24.5. The average Bonchev–Trinajstić information content (AvgIpc) is 3.51. The number of carbonyl (C=O) groups is 1. The summed E-state index contributed by atoms with van der Waals surface area (Å²) >= 11 is 1.46. The summed E-state index contributed by atoms with van der Waals surface area (Å²) in [4.78, 5) is 19.8. The molecule has 0 saturated heterocycles. The van der Waals surface area contributed by atoms with Gasteiger partial charge in [0.2, 0.25) is 5.82 Å². The Kier molecular flexibility index (Phi) is 6.04. The summed E-state index contributed by atoms with van der Waals surface area (Å²) in [5.41, 5.74) is 1.70. The number of allylic oxidation sites excluding steroid dienone is 1. The first-order chi connectivity index (χ1) is 16.9. The summed E-state index contributed by atoms with van der Waals surface area (Å²) in [6.07, 6.45) is 0. The van der Waals surface area contributed by atoms with Gasteiger partial charge >= 0.3 is 6.03 Å². The standard InChI is InChI=1S/C25H20F2N4O3S/c1-3-33-19-8-6-15(7-9-19)22-21(24-29-23(30-34-24)20-5-4-10-35-20)14(2)31(25(32)28-22)18-12-16(26)11-17(27)13-18/h4-13,22H,3H2,1-2H3,(H,28,32). The lowest BCUT2D eigenvalue weighted by Gasteiger charge is -2.35. The Morgan fingerprint density at radius 1 is 1.14 bits per heavy atom. The molecule has 2 amide bonds. The zero-order valence-electron chi connectivity index (χ0n) is 18.8. The first-order valence-corrected chi connectivity index (χ1v) is 11.7. The summed E-state index contributed by atoms with van der Waals surface area (Å²) < 4.78 is 39.1. The van der Waals surface area contributed by atoms with Gasteiger partial charge in [0.25, 0.3) is 5.89 Å². The number of carbonyl (C=O) groups excluding carboxylic acids is 1. The van der Waals surface area contributed by atoms with Gasteiger partial charge in [0, 0.05) is 11.8 Å². The molecular formula is C25H20F2N4O3S. The van der Waals surface area contributed by atoms with Crippen LogP contribution in [0.4, 0.5) is 19.3 Å².